The molecule has 1 fully saturated rings. The van der Waals surface area contributed by atoms with Crippen LogP contribution in [-0.4, -0.2) is 51.8 Å². The molecule has 1 aliphatic heterocycles. The molecule has 2 heterocycles. The highest BCUT2D eigenvalue weighted by Crippen LogP contribution is 2.30. The Hall–Kier alpha value is -1.48. The van der Waals surface area contributed by atoms with Gasteiger partial charge in [0.25, 0.3) is 0 Å². The minimum absolute atomic E-state index is 0.0995. The Morgan fingerprint density at radius 1 is 1.67 bits per heavy atom. The quantitative estimate of drug-likeness (QED) is 0.578. The van der Waals surface area contributed by atoms with E-state index < -0.39 is 30.2 Å². The maximum absolute atomic E-state index is 11.7. The second kappa shape index (κ2) is 5.02. The van der Waals surface area contributed by atoms with E-state index in [9.17, 15) is 9.90 Å². The molecule has 8 nitrogen and oxygen atoms in total. The third kappa shape index (κ3) is 2.10. The van der Waals surface area contributed by atoms with Crippen LogP contribution in [0.4, 0.5) is 5.82 Å². The highest BCUT2D eigenvalue weighted by Gasteiger charge is 2.45. The van der Waals surface area contributed by atoms with Gasteiger partial charge in [0, 0.05) is 13.3 Å². The van der Waals surface area contributed by atoms with Gasteiger partial charge in [-0.25, -0.2) is 4.79 Å². The van der Waals surface area contributed by atoms with E-state index >= 15 is 0 Å². The van der Waals surface area contributed by atoms with Crippen LogP contribution in [0.1, 0.15) is 6.23 Å². The number of aliphatic hydroxyl groups is 2. The first-order chi connectivity index (χ1) is 8.58. The van der Waals surface area contributed by atoms with Gasteiger partial charge in [0.05, 0.1) is 6.61 Å². The first-order valence-electron chi connectivity index (χ1n) is 5.40. The lowest BCUT2D eigenvalue weighted by atomic mass is 10.1. The largest absolute Gasteiger partial charge is 0.394 e. The van der Waals surface area contributed by atoms with Crippen molar-refractivity contribution in [1.29, 1.82) is 0 Å². The number of hydrogen-bond donors (Lipinski definition) is 3. The van der Waals surface area contributed by atoms with Crippen molar-refractivity contribution in [2.24, 2.45) is 0 Å². The summed E-state index contributed by atoms with van der Waals surface area (Å²) in [6.07, 6.45) is -2.01. The molecule has 0 bridgehead atoms. The zero-order chi connectivity index (χ0) is 13.3. The summed E-state index contributed by atoms with van der Waals surface area (Å²) in [5.74, 6) is 0.0995. The van der Waals surface area contributed by atoms with Crippen molar-refractivity contribution in [2.75, 3.05) is 19.5 Å². The van der Waals surface area contributed by atoms with Crippen molar-refractivity contribution in [1.82, 2.24) is 9.55 Å². The van der Waals surface area contributed by atoms with Gasteiger partial charge < -0.3 is 25.4 Å². The maximum atomic E-state index is 11.7. The van der Waals surface area contributed by atoms with Crippen LogP contribution in [0.3, 0.4) is 0 Å². The average molecular weight is 257 g/mol. The molecule has 1 aliphatic rings. The molecule has 1 saturated heterocycles. The van der Waals surface area contributed by atoms with E-state index in [0.717, 1.165) is 0 Å². The highest BCUT2D eigenvalue weighted by molar-refractivity contribution is 5.23. The van der Waals surface area contributed by atoms with Gasteiger partial charge in [-0.1, -0.05) is 0 Å². The number of methoxy groups -OCH3 is 1. The molecule has 2 rings (SSSR count). The molecule has 8 heteroatoms. The van der Waals surface area contributed by atoms with E-state index in [4.69, 9.17) is 20.3 Å². The van der Waals surface area contributed by atoms with Gasteiger partial charge in [0.1, 0.15) is 24.1 Å². The molecular weight excluding hydrogens is 242 g/mol. The summed E-state index contributed by atoms with van der Waals surface area (Å²) in [6.45, 7) is -0.366. The standard InChI is InChI=1S/C10H15N3O5/c1-17-8-7(15)5(4-14)18-9(8)13-3-2-6(11)12-10(13)16/h2-3,5,7-9,14-15H,4H2,1H3,(H2,11,12,16)/t5-,7?,8?,9-/m0/s1. The number of aromatic nitrogens is 2. The minimum Gasteiger partial charge on any atom is -0.394 e. The minimum atomic E-state index is -1.02. The van der Waals surface area contributed by atoms with Crippen LogP contribution in [-0.2, 0) is 9.47 Å². The lowest BCUT2D eigenvalue weighted by Crippen LogP contribution is -2.37. The Morgan fingerprint density at radius 2 is 2.39 bits per heavy atom. The Morgan fingerprint density at radius 3 is 2.94 bits per heavy atom. The number of anilines is 1. The molecule has 0 radical (unpaired) electrons. The summed E-state index contributed by atoms with van der Waals surface area (Å²) in [5, 5.41) is 18.9. The van der Waals surface area contributed by atoms with Gasteiger partial charge >= 0.3 is 5.69 Å². The van der Waals surface area contributed by atoms with Crippen LogP contribution in [0.5, 0.6) is 0 Å². The second-order valence-electron chi connectivity index (χ2n) is 3.98. The molecule has 4 atom stereocenters. The Balaban J connectivity index is 2.35. The number of aliphatic hydroxyl groups excluding tert-OH is 2. The lowest BCUT2D eigenvalue weighted by Gasteiger charge is -2.20. The fourth-order valence-corrected chi connectivity index (χ4v) is 1.97. The van der Waals surface area contributed by atoms with Gasteiger partial charge in [-0.2, -0.15) is 4.98 Å². The summed E-state index contributed by atoms with van der Waals surface area (Å²) in [7, 11) is 1.39. The van der Waals surface area contributed by atoms with E-state index in [-0.39, 0.29) is 12.4 Å². The van der Waals surface area contributed by atoms with Crippen molar-refractivity contribution in [2.45, 2.75) is 24.5 Å². The first-order valence-corrected chi connectivity index (χ1v) is 5.40. The molecule has 4 N–H and O–H groups in total. The number of nitrogens with zero attached hydrogens (tertiary/aromatic N) is 2. The summed E-state index contributed by atoms with van der Waals surface area (Å²) in [4.78, 5) is 15.3. The van der Waals surface area contributed by atoms with Crippen LogP contribution in [0.2, 0.25) is 0 Å². The van der Waals surface area contributed by atoms with Gasteiger partial charge in [-0.3, -0.25) is 4.57 Å². The van der Waals surface area contributed by atoms with Gasteiger partial charge in [-0.05, 0) is 6.07 Å². The Kier molecular flexibility index (Phi) is 3.62. The molecule has 100 valence electrons. The third-order valence-corrected chi connectivity index (χ3v) is 2.89. The van der Waals surface area contributed by atoms with Crippen LogP contribution in [0, 0.1) is 0 Å². The summed E-state index contributed by atoms with van der Waals surface area (Å²) in [6, 6.07) is 1.44. The van der Waals surface area contributed by atoms with E-state index in [2.05, 4.69) is 4.98 Å². The third-order valence-electron chi connectivity index (χ3n) is 2.89. The fourth-order valence-electron chi connectivity index (χ4n) is 1.97. The topological polar surface area (TPSA) is 120 Å². The fraction of sp³-hybridized carbons (Fsp3) is 0.600. The average Bonchev–Trinajstić information content (AvgIpc) is 2.65. The molecule has 0 saturated carbocycles. The molecule has 0 amide bonds. The smallest absolute Gasteiger partial charge is 0.351 e. The van der Waals surface area contributed by atoms with Crippen LogP contribution in [0.15, 0.2) is 17.1 Å². The number of nitrogens with two attached hydrogens (primary N) is 1. The predicted octanol–water partition coefficient (Wildman–Crippen LogP) is -1.91. The molecule has 0 aromatic carbocycles. The van der Waals surface area contributed by atoms with Crippen molar-refractivity contribution in [3.8, 4) is 0 Å². The Labute approximate surface area is 103 Å². The highest BCUT2D eigenvalue weighted by atomic mass is 16.6. The summed E-state index contributed by atoms with van der Waals surface area (Å²) < 4.78 is 11.7. The van der Waals surface area contributed by atoms with Crippen molar-refractivity contribution in [3.63, 3.8) is 0 Å². The number of hydrogen-bond acceptors (Lipinski definition) is 7. The van der Waals surface area contributed by atoms with Gasteiger partial charge in [0.2, 0.25) is 0 Å². The zero-order valence-electron chi connectivity index (χ0n) is 9.76. The van der Waals surface area contributed by atoms with E-state index in [1.807, 2.05) is 0 Å². The second-order valence-corrected chi connectivity index (χ2v) is 3.98. The van der Waals surface area contributed by atoms with Gasteiger partial charge in [0.15, 0.2) is 6.23 Å². The molecule has 1 aromatic rings. The van der Waals surface area contributed by atoms with Crippen molar-refractivity contribution >= 4 is 5.82 Å². The first kappa shape index (κ1) is 13.0. The molecule has 1 aromatic heterocycles. The lowest BCUT2D eigenvalue weighted by molar-refractivity contribution is -0.0624. The number of ether oxygens (including phenoxy) is 2. The summed E-state index contributed by atoms with van der Waals surface area (Å²) >= 11 is 0. The molecule has 0 spiro atoms. The predicted molar refractivity (Wildman–Crippen MR) is 60.7 cm³/mol. The molecule has 18 heavy (non-hydrogen) atoms. The number of rotatable bonds is 3. The van der Waals surface area contributed by atoms with Crippen LogP contribution in [0.25, 0.3) is 0 Å². The summed E-state index contributed by atoms with van der Waals surface area (Å²) in [5.41, 5.74) is 4.78. The van der Waals surface area contributed by atoms with E-state index in [1.165, 1.54) is 23.9 Å². The maximum Gasteiger partial charge on any atom is 0.351 e. The molecule has 0 aliphatic carbocycles. The van der Waals surface area contributed by atoms with Gasteiger partial charge in [-0.15, -0.1) is 0 Å². The Bertz CT molecular complexity index is 477. The zero-order valence-corrected chi connectivity index (χ0v) is 9.76. The van der Waals surface area contributed by atoms with Crippen LogP contribution >= 0.6 is 0 Å². The normalized spacial score (nSPS) is 31.7. The van der Waals surface area contributed by atoms with E-state index in [0.29, 0.717) is 0 Å². The molecule has 2 unspecified atom stereocenters. The van der Waals surface area contributed by atoms with Crippen molar-refractivity contribution in [3.05, 3.63) is 22.7 Å². The van der Waals surface area contributed by atoms with Crippen molar-refractivity contribution < 1.29 is 19.7 Å². The van der Waals surface area contributed by atoms with Crippen LogP contribution < -0.4 is 11.4 Å². The van der Waals surface area contributed by atoms with E-state index in [1.54, 1.807) is 0 Å². The number of nitrogen functional groups attached to an aromatic ring is 1. The molecular formula is C10H15N3O5. The monoisotopic (exact) mass is 257 g/mol. The SMILES string of the molecule is COC1C(O)[C@H](CO)O[C@@H]1n1ccc(N)nc1=O.